The molecule has 2 N–H and O–H groups in total. The first-order chi connectivity index (χ1) is 12.2. The monoisotopic (exact) mass is 340 g/mol. The van der Waals surface area contributed by atoms with E-state index >= 15 is 0 Å². The molecule has 2 heterocycles. The predicted molar refractivity (Wildman–Crippen MR) is 99.7 cm³/mol. The number of benzene rings is 1. The van der Waals surface area contributed by atoms with Crippen LogP contribution in [0, 0.1) is 6.92 Å². The van der Waals surface area contributed by atoms with Crippen LogP contribution < -0.4 is 14.8 Å². The molecule has 1 fully saturated rings. The molecular weight excluding hydrogens is 316 g/mol. The molecule has 0 unspecified atom stereocenters. The Morgan fingerprint density at radius 3 is 2.48 bits per heavy atom. The molecule has 6 heteroatoms. The number of methoxy groups -OCH3 is 2. The Morgan fingerprint density at radius 2 is 1.76 bits per heavy atom. The summed E-state index contributed by atoms with van der Waals surface area (Å²) < 4.78 is 10.9. The molecule has 6 nitrogen and oxygen atoms in total. The number of H-pyrrole nitrogens is 1. The standard InChI is InChI=1S/C19H24N4O2/c1-11-20-18(22-12-7-5-4-6-8-12)17-13-9-15(24-2)16(25-3)10-14(13)23-19(17)21-11/h9-10,12H,4-8H2,1-3H3,(H2,20,21,22,23). The van der Waals surface area contributed by atoms with Crippen molar-refractivity contribution in [3.8, 4) is 11.5 Å². The summed E-state index contributed by atoms with van der Waals surface area (Å²) in [5.41, 5.74) is 1.82. The Bertz CT molecular complexity index is 913. The minimum atomic E-state index is 0.483. The minimum absolute atomic E-state index is 0.483. The van der Waals surface area contributed by atoms with Crippen molar-refractivity contribution in [3.63, 3.8) is 0 Å². The van der Waals surface area contributed by atoms with Gasteiger partial charge in [0.05, 0.1) is 25.1 Å². The third kappa shape index (κ3) is 2.86. The van der Waals surface area contributed by atoms with Crippen molar-refractivity contribution in [2.45, 2.75) is 45.1 Å². The molecule has 0 atom stereocenters. The average molecular weight is 340 g/mol. The zero-order valence-electron chi connectivity index (χ0n) is 15.0. The summed E-state index contributed by atoms with van der Waals surface area (Å²) >= 11 is 0. The zero-order valence-corrected chi connectivity index (χ0v) is 15.0. The number of nitrogens with zero attached hydrogens (tertiary/aromatic N) is 2. The van der Waals surface area contributed by atoms with Gasteiger partial charge in [-0.2, -0.15) is 0 Å². The normalized spacial score (nSPS) is 15.6. The quantitative estimate of drug-likeness (QED) is 0.745. The Morgan fingerprint density at radius 1 is 1.04 bits per heavy atom. The number of hydrogen-bond donors (Lipinski definition) is 2. The lowest BCUT2D eigenvalue weighted by Gasteiger charge is -2.23. The van der Waals surface area contributed by atoms with E-state index in [0.717, 1.165) is 33.6 Å². The highest BCUT2D eigenvalue weighted by Crippen LogP contribution is 2.38. The molecule has 1 aliphatic carbocycles. The van der Waals surface area contributed by atoms with E-state index in [1.54, 1.807) is 14.2 Å². The highest BCUT2D eigenvalue weighted by Gasteiger charge is 2.19. The van der Waals surface area contributed by atoms with Gasteiger partial charge in [-0.05, 0) is 25.8 Å². The molecule has 25 heavy (non-hydrogen) atoms. The zero-order chi connectivity index (χ0) is 17.4. The maximum atomic E-state index is 5.48. The van der Waals surface area contributed by atoms with E-state index in [1.165, 1.54) is 32.1 Å². The lowest BCUT2D eigenvalue weighted by atomic mass is 9.95. The Hall–Kier alpha value is -2.50. The molecular formula is C19H24N4O2. The molecule has 0 radical (unpaired) electrons. The fourth-order valence-corrected chi connectivity index (χ4v) is 3.78. The van der Waals surface area contributed by atoms with Crippen LogP contribution in [-0.4, -0.2) is 35.2 Å². The Labute approximate surface area is 146 Å². The number of aryl methyl sites for hydroxylation is 1. The number of hydrogen-bond acceptors (Lipinski definition) is 5. The third-order valence-corrected chi connectivity index (χ3v) is 5.01. The lowest BCUT2D eigenvalue weighted by Crippen LogP contribution is -2.23. The molecule has 2 aromatic heterocycles. The van der Waals surface area contributed by atoms with E-state index in [2.05, 4.69) is 15.3 Å². The van der Waals surface area contributed by atoms with Crippen LogP contribution in [0.4, 0.5) is 5.82 Å². The molecule has 0 amide bonds. The van der Waals surface area contributed by atoms with E-state index in [1.807, 2.05) is 19.1 Å². The van der Waals surface area contributed by atoms with Gasteiger partial charge < -0.3 is 19.8 Å². The van der Waals surface area contributed by atoms with Crippen LogP contribution in [0.25, 0.3) is 21.9 Å². The number of aromatic amines is 1. The number of ether oxygens (including phenoxy) is 2. The first-order valence-electron chi connectivity index (χ1n) is 8.88. The van der Waals surface area contributed by atoms with E-state index in [9.17, 15) is 0 Å². The predicted octanol–water partition coefficient (Wildman–Crippen LogP) is 4.18. The maximum absolute atomic E-state index is 5.48. The summed E-state index contributed by atoms with van der Waals surface area (Å²) in [4.78, 5) is 12.7. The summed E-state index contributed by atoms with van der Waals surface area (Å²) in [6, 6.07) is 4.43. The van der Waals surface area contributed by atoms with Crippen LogP contribution in [0.1, 0.15) is 37.9 Å². The van der Waals surface area contributed by atoms with Crippen LogP contribution in [0.15, 0.2) is 12.1 Å². The second-order valence-corrected chi connectivity index (χ2v) is 6.70. The summed E-state index contributed by atoms with van der Waals surface area (Å²) in [5.74, 6) is 3.08. The summed E-state index contributed by atoms with van der Waals surface area (Å²) in [7, 11) is 3.30. The van der Waals surface area contributed by atoms with Crippen LogP contribution in [0.2, 0.25) is 0 Å². The first-order valence-corrected chi connectivity index (χ1v) is 8.88. The van der Waals surface area contributed by atoms with Gasteiger partial charge in [-0.25, -0.2) is 9.97 Å². The van der Waals surface area contributed by atoms with E-state index in [-0.39, 0.29) is 0 Å². The van der Waals surface area contributed by atoms with Crippen molar-refractivity contribution in [2.24, 2.45) is 0 Å². The smallest absolute Gasteiger partial charge is 0.162 e. The van der Waals surface area contributed by atoms with Gasteiger partial charge in [0.25, 0.3) is 0 Å². The topological polar surface area (TPSA) is 72.1 Å². The van der Waals surface area contributed by atoms with Crippen LogP contribution in [0.5, 0.6) is 11.5 Å². The van der Waals surface area contributed by atoms with Crippen LogP contribution in [0.3, 0.4) is 0 Å². The maximum Gasteiger partial charge on any atom is 0.162 e. The second kappa shape index (κ2) is 6.43. The molecule has 1 saturated carbocycles. The number of fused-ring (bicyclic) bond motifs is 3. The molecule has 1 aliphatic rings. The van der Waals surface area contributed by atoms with E-state index in [4.69, 9.17) is 14.5 Å². The van der Waals surface area contributed by atoms with Gasteiger partial charge in [-0.15, -0.1) is 0 Å². The minimum Gasteiger partial charge on any atom is -0.493 e. The number of aromatic nitrogens is 3. The number of nitrogens with one attached hydrogen (secondary N) is 2. The summed E-state index contributed by atoms with van der Waals surface area (Å²) in [6.45, 7) is 1.93. The largest absolute Gasteiger partial charge is 0.493 e. The summed E-state index contributed by atoms with van der Waals surface area (Å²) in [5, 5.41) is 5.73. The molecule has 0 saturated heterocycles. The number of rotatable bonds is 4. The fourth-order valence-electron chi connectivity index (χ4n) is 3.78. The Kier molecular flexibility index (Phi) is 4.11. The van der Waals surface area contributed by atoms with Crippen molar-refractivity contribution in [1.82, 2.24) is 15.0 Å². The molecule has 4 rings (SSSR count). The average Bonchev–Trinajstić information content (AvgIpc) is 2.98. The Balaban J connectivity index is 1.88. The molecule has 1 aromatic carbocycles. The molecule has 0 aliphatic heterocycles. The van der Waals surface area contributed by atoms with Crippen molar-refractivity contribution in [2.75, 3.05) is 19.5 Å². The SMILES string of the molecule is COc1cc2[nH]c3nc(C)nc(NC4CCCCC4)c3c2cc1OC. The summed E-state index contributed by atoms with van der Waals surface area (Å²) in [6.07, 6.45) is 6.29. The van der Waals surface area contributed by atoms with Gasteiger partial charge in [0.2, 0.25) is 0 Å². The third-order valence-electron chi connectivity index (χ3n) is 5.01. The van der Waals surface area contributed by atoms with Crippen molar-refractivity contribution >= 4 is 27.8 Å². The van der Waals surface area contributed by atoms with Gasteiger partial charge in [-0.1, -0.05) is 19.3 Å². The van der Waals surface area contributed by atoms with Crippen molar-refractivity contribution in [3.05, 3.63) is 18.0 Å². The van der Waals surface area contributed by atoms with Gasteiger partial charge >= 0.3 is 0 Å². The van der Waals surface area contributed by atoms with Gasteiger partial charge in [0.1, 0.15) is 17.3 Å². The second-order valence-electron chi connectivity index (χ2n) is 6.70. The van der Waals surface area contributed by atoms with E-state index < -0.39 is 0 Å². The van der Waals surface area contributed by atoms with Gasteiger partial charge in [-0.3, -0.25) is 0 Å². The van der Waals surface area contributed by atoms with Crippen molar-refractivity contribution in [1.29, 1.82) is 0 Å². The van der Waals surface area contributed by atoms with E-state index in [0.29, 0.717) is 17.5 Å². The fraction of sp³-hybridized carbons (Fsp3) is 0.474. The first kappa shape index (κ1) is 16.0. The van der Waals surface area contributed by atoms with Crippen molar-refractivity contribution < 1.29 is 9.47 Å². The lowest BCUT2D eigenvalue weighted by molar-refractivity contribution is 0.356. The number of anilines is 1. The highest BCUT2D eigenvalue weighted by molar-refractivity contribution is 6.12. The molecule has 132 valence electrons. The molecule has 0 bridgehead atoms. The molecule has 3 aromatic rings. The van der Waals surface area contributed by atoms with Gasteiger partial charge in [0, 0.05) is 17.5 Å². The van der Waals surface area contributed by atoms with Gasteiger partial charge in [0.15, 0.2) is 11.5 Å². The molecule has 0 spiro atoms. The van der Waals surface area contributed by atoms with Crippen LogP contribution >= 0.6 is 0 Å². The highest BCUT2D eigenvalue weighted by atomic mass is 16.5. The van der Waals surface area contributed by atoms with Crippen LogP contribution in [-0.2, 0) is 0 Å².